The van der Waals surface area contributed by atoms with Crippen LogP contribution in [0.15, 0.2) is 35.7 Å². The van der Waals surface area contributed by atoms with Crippen molar-refractivity contribution in [2.45, 2.75) is 26.7 Å². The first-order valence-corrected chi connectivity index (χ1v) is 7.49. The van der Waals surface area contributed by atoms with Crippen molar-refractivity contribution in [2.75, 3.05) is 18.0 Å². The molecule has 1 aromatic heterocycles. The molecule has 0 amide bonds. The van der Waals surface area contributed by atoms with Crippen molar-refractivity contribution in [3.63, 3.8) is 0 Å². The van der Waals surface area contributed by atoms with E-state index in [1.165, 1.54) is 18.4 Å². The van der Waals surface area contributed by atoms with Gasteiger partial charge in [0, 0.05) is 24.0 Å². The summed E-state index contributed by atoms with van der Waals surface area (Å²) in [5.74, 6) is 0. The zero-order valence-electron chi connectivity index (χ0n) is 11.1. The highest BCUT2D eigenvalue weighted by Crippen LogP contribution is 2.27. The monoisotopic (exact) mass is 260 g/mol. The molecule has 0 aliphatic heterocycles. The van der Waals surface area contributed by atoms with Gasteiger partial charge in [-0.2, -0.15) is 0 Å². The van der Waals surface area contributed by atoms with E-state index in [-0.39, 0.29) is 0 Å². The molecule has 2 rings (SSSR count). The molecule has 0 radical (unpaired) electrons. The van der Waals surface area contributed by atoms with Gasteiger partial charge in [0.25, 0.3) is 0 Å². The summed E-state index contributed by atoms with van der Waals surface area (Å²) in [6.07, 6.45) is 2.46. The Morgan fingerprint density at radius 3 is 2.61 bits per heavy atom. The molecule has 0 atom stereocenters. The Bertz CT molecular complexity index is 464. The van der Waals surface area contributed by atoms with Crippen LogP contribution in [0.25, 0.3) is 11.3 Å². The fourth-order valence-corrected chi connectivity index (χ4v) is 2.82. The molecule has 0 unspecified atom stereocenters. The third kappa shape index (κ3) is 3.10. The van der Waals surface area contributed by atoms with E-state index in [0.29, 0.717) is 0 Å². The van der Waals surface area contributed by atoms with Crippen molar-refractivity contribution < 1.29 is 0 Å². The number of aromatic nitrogens is 1. The minimum absolute atomic E-state index is 1.03. The molecule has 0 fully saturated rings. The van der Waals surface area contributed by atoms with Crippen LogP contribution in [0.3, 0.4) is 0 Å². The predicted octanol–water partition coefficient (Wildman–Crippen LogP) is 4.44. The van der Waals surface area contributed by atoms with Crippen LogP contribution in [0.4, 0.5) is 5.13 Å². The Labute approximate surface area is 113 Å². The predicted molar refractivity (Wildman–Crippen MR) is 80.3 cm³/mol. The highest BCUT2D eigenvalue weighted by molar-refractivity contribution is 7.14. The Kier molecular flexibility index (Phi) is 4.76. The van der Waals surface area contributed by atoms with Crippen molar-refractivity contribution >= 4 is 16.5 Å². The first-order valence-electron chi connectivity index (χ1n) is 6.61. The molecule has 0 saturated carbocycles. The third-order valence-corrected chi connectivity index (χ3v) is 3.90. The van der Waals surface area contributed by atoms with Gasteiger partial charge in [-0.15, -0.1) is 11.3 Å². The fourth-order valence-electron chi connectivity index (χ4n) is 1.89. The van der Waals surface area contributed by atoms with Crippen molar-refractivity contribution in [3.8, 4) is 11.3 Å². The van der Waals surface area contributed by atoms with Gasteiger partial charge in [0.2, 0.25) is 0 Å². The van der Waals surface area contributed by atoms with E-state index in [1.807, 2.05) is 6.07 Å². The van der Waals surface area contributed by atoms with Crippen LogP contribution >= 0.6 is 11.3 Å². The largest absolute Gasteiger partial charge is 0.348 e. The highest BCUT2D eigenvalue weighted by atomic mass is 32.1. The fraction of sp³-hybridized carbons (Fsp3) is 0.400. The van der Waals surface area contributed by atoms with Gasteiger partial charge in [0.05, 0.1) is 5.69 Å². The summed E-state index contributed by atoms with van der Waals surface area (Å²) < 4.78 is 0. The first-order chi connectivity index (χ1) is 8.85. The Balaban J connectivity index is 2.14. The lowest BCUT2D eigenvalue weighted by Gasteiger charge is -2.19. The number of unbranched alkanes of at least 4 members (excludes halogenated alkanes) is 1. The molecule has 1 heterocycles. The molecular formula is C15H20N2S. The summed E-state index contributed by atoms with van der Waals surface area (Å²) in [6, 6.07) is 10.4. The molecule has 96 valence electrons. The summed E-state index contributed by atoms with van der Waals surface area (Å²) in [7, 11) is 0. The second-order valence-electron chi connectivity index (χ2n) is 4.31. The molecule has 0 N–H and O–H groups in total. The quantitative estimate of drug-likeness (QED) is 0.763. The van der Waals surface area contributed by atoms with E-state index in [9.17, 15) is 0 Å². The average molecular weight is 260 g/mol. The minimum atomic E-state index is 1.03. The molecule has 0 bridgehead atoms. The topological polar surface area (TPSA) is 16.1 Å². The van der Waals surface area contributed by atoms with Gasteiger partial charge in [-0.3, -0.25) is 0 Å². The van der Waals surface area contributed by atoms with Crippen LogP contribution in [-0.2, 0) is 0 Å². The van der Waals surface area contributed by atoms with Gasteiger partial charge in [-0.05, 0) is 13.3 Å². The van der Waals surface area contributed by atoms with Crippen LogP contribution in [0.2, 0.25) is 0 Å². The third-order valence-electron chi connectivity index (χ3n) is 3.00. The molecule has 1 aromatic carbocycles. The zero-order valence-corrected chi connectivity index (χ0v) is 11.9. The summed E-state index contributed by atoms with van der Waals surface area (Å²) in [6.45, 7) is 6.56. The maximum Gasteiger partial charge on any atom is 0.185 e. The maximum atomic E-state index is 4.75. The SMILES string of the molecule is CCCCN(CC)c1nc(-c2ccccc2)cs1. The van der Waals surface area contributed by atoms with Crippen molar-refractivity contribution in [1.82, 2.24) is 4.98 Å². The molecule has 2 nitrogen and oxygen atoms in total. The zero-order chi connectivity index (χ0) is 12.8. The number of rotatable bonds is 6. The maximum absolute atomic E-state index is 4.75. The summed E-state index contributed by atoms with van der Waals surface area (Å²) in [5.41, 5.74) is 2.29. The molecule has 0 aliphatic carbocycles. The van der Waals surface area contributed by atoms with Gasteiger partial charge in [0.1, 0.15) is 0 Å². The molecule has 18 heavy (non-hydrogen) atoms. The number of nitrogens with zero attached hydrogens (tertiary/aromatic N) is 2. The standard InChI is InChI=1S/C15H20N2S/c1-3-5-11-17(4-2)15-16-14(12-18-15)13-9-7-6-8-10-13/h6-10,12H,3-5,11H2,1-2H3. The lowest BCUT2D eigenvalue weighted by Crippen LogP contribution is -2.23. The average Bonchev–Trinajstić information content (AvgIpc) is 2.90. The molecule has 2 aromatic rings. The summed E-state index contributed by atoms with van der Waals surface area (Å²) in [4.78, 5) is 7.11. The number of hydrogen-bond donors (Lipinski definition) is 0. The van der Waals surface area contributed by atoms with E-state index in [2.05, 4.69) is 48.4 Å². The minimum Gasteiger partial charge on any atom is -0.348 e. The van der Waals surface area contributed by atoms with Crippen molar-refractivity contribution in [2.24, 2.45) is 0 Å². The lowest BCUT2D eigenvalue weighted by atomic mass is 10.2. The van der Waals surface area contributed by atoms with Crippen LogP contribution in [-0.4, -0.2) is 18.1 Å². The van der Waals surface area contributed by atoms with Crippen molar-refractivity contribution in [3.05, 3.63) is 35.7 Å². The number of thiazole rings is 1. The van der Waals surface area contributed by atoms with E-state index >= 15 is 0 Å². The first kappa shape index (κ1) is 13.1. The second kappa shape index (κ2) is 6.55. The van der Waals surface area contributed by atoms with Gasteiger partial charge in [-0.1, -0.05) is 43.7 Å². The second-order valence-corrected chi connectivity index (χ2v) is 5.15. The van der Waals surface area contributed by atoms with Crippen LogP contribution in [0, 0.1) is 0 Å². The number of benzene rings is 1. The number of hydrogen-bond acceptors (Lipinski definition) is 3. The Hall–Kier alpha value is -1.35. The van der Waals surface area contributed by atoms with E-state index in [1.54, 1.807) is 11.3 Å². The Morgan fingerprint density at radius 1 is 1.17 bits per heavy atom. The van der Waals surface area contributed by atoms with Gasteiger partial charge in [0.15, 0.2) is 5.13 Å². The van der Waals surface area contributed by atoms with Crippen LogP contribution in [0.5, 0.6) is 0 Å². The Morgan fingerprint density at radius 2 is 1.94 bits per heavy atom. The number of anilines is 1. The smallest absolute Gasteiger partial charge is 0.185 e. The molecule has 0 saturated heterocycles. The lowest BCUT2D eigenvalue weighted by molar-refractivity contribution is 0.730. The van der Waals surface area contributed by atoms with E-state index < -0.39 is 0 Å². The summed E-state index contributed by atoms with van der Waals surface area (Å²) in [5, 5.41) is 3.30. The van der Waals surface area contributed by atoms with Gasteiger partial charge >= 0.3 is 0 Å². The molecule has 0 spiro atoms. The van der Waals surface area contributed by atoms with Gasteiger partial charge < -0.3 is 4.90 Å². The molecule has 3 heteroatoms. The highest BCUT2D eigenvalue weighted by Gasteiger charge is 2.09. The normalized spacial score (nSPS) is 10.6. The van der Waals surface area contributed by atoms with Crippen LogP contribution in [0.1, 0.15) is 26.7 Å². The van der Waals surface area contributed by atoms with Crippen molar-refractivity contribution in [1.29, 1.82) is 0 Å². The van der Waals surface area contributed by atoms with Crippen LogP contribution < -0.4 is 4.90 Å². The summed E-state index contributed by atoms with van der Waals surface area (Å²) >= 11 is 1.74. The molecular weight excluding hydrogens is 240 g/mol. The molecule has 0 aliphatic rings. The van der Waals surface area contributed by atoms with E-state index in [4.69, 9.17) is 4.98 Å². The van der Waals surface area contributed by atoms with E-state index in [0.717, 1.165) is 23.9 Å². The van der Waals surface area contributed by atoms with Gasteiger partial charge in [-0.25, -0.2) is 4.98 Å².